The van der Waals surface area contributed by atoms with Crippen molar-refractivity contribution in [2.24, 2.45) is 5.73 Å². The molecule has 0 aromatic carbocycles. The van der Waals surface area contributed by atoms with Gasteiger partial charge in [-0.05, 0) is 11.5 Å². The van der Waals surface area contributed by atoms with Crippen molar-refractivity contribution in [3.63, 3.8) is 0 Å². The van der Waals surface area contributed by atoms with Crippen LogP contribution in [-0.2, 0) is 4.79 Å². The van der Waals surface area contributed by atoms with E-state index in [4.69, 9.17) is 5.73 Å². The molecule has 1 aliphatic rings. The summed E-state index contributed by atoms with van der Waals surface area (Å²) in [6, 6.07) is 1.89. The maximum Gasteiger partial charge on any atom is 0.272 e. The van der Waals surface area contributed by atoms with Gasteiger partial charge in [0.1, 0.15) is 5.70 Å². The van der Waals surface area contributed by atoms with Crippen molar-refractivity contribution >= 4 is 29.9 Å². The fourth-order valence-corrected chi connectivity index (χ4v) is 2.04. The minimum atomic E-state index is -0.376. The SMILES string of the molecule is N/C(=C\S)C(=O)Nc1cnccc1N1CCNCC1. The number of amides is 1. The van der Waals surface area contributed by atoms with Crippen LogP contribution in [0, 0.1) is 0 Å². The molecule has 7 heteroatoms. The number of piperazine rings is 1. The van der Waals surface area contributed by atoms with E-state index < -0.39 is 0 Å². The maximum absolute atomic E-state index is 11.8. The third-order valence-corrected chi connectivity index (χ3v) is 3.18. The molecule has 0 radical (unpaired) electrons. The summed E-state index contributed by atoms with van der Waals surface area (Å²) >= 11 is 3.87. The Hall–Kier alpha value is -1.73. The van der Waals surface area contributed by atoms with E-state index >= 15 is 0 Å². The maximum atomic E-state index is 11.8. The van der Waals surface area contributed by atoms with E-state index in [1.54, 1.807) is 12.4 Å². The monoisotopic (exact) mass is 279 g/mol. The lowest BCUT2D eigenvalue weighted by molar-refractivity contribution is -0.112. The van der Waals surface area contributed by atoms with E-state index in [9.17, 15) is 4.79 Å². The summed E-state index contributed by atoms with van der Waals surface area (Å²) < 4.78 is 0. The molecule has 0 aliphatic carbocycles. The molecule has 1 aromatic heterocycles. The highest BCUT2D eigenvalue weighted by Crippen LogP contribution is 2.24. The Morgan fingerprint density at radius 3 is 2.95 bits per heavy atom. The summed E-state index contributed by atoms with van der Waals surface area (Å²) in [6.07, 6.45) is 3.34. The van der Waals surface area contributed by atoms with Gasteiger partial charge in [0.2, 0.25) is 0 Å². The van der Waals surface area contributed by atoms with Crippen LogP contribution in [-0.4, -0.2) is 37.1 Å². The molecule has 2 rings (SSSR count). The Balaban J connectivity index is 2.18. The number of hydrogen-bond donors (Lipinski definition) is 4. The normalized spacial score (nSPS) is 16.3. The molecule has 1 aliphatic heterocycles. The number of nitrogens with one attached hydrogen (secondary N) is 2. The molecule has 0 saturated carbocycles. The summed E-state index contributed by atoms with van der Waals surface area (Å²) in [5, 5.41) is 7.32. The van der Waals surface area contributed by atoms with Gasteiger partial charge in [0, 0.05) is 32.4 Å². The molecule has 0 bridgehead atoms. The van der Waals surface area contributed by atoms with Crippen LogP contribution in [0.5, 0.6) is 0 Å². The highest BCUT2D eigenvalue weighted by atomic mass is 32.1. The number of rotatable bonds is 3. The molecule has 1 fully saturated rings. The van der Waals surface area contributed by atoms with E-state index in [0.29, 0.717) is 5.69 Å². The minimum absolute atomic E-state index is 0.0680. The van der Waals surface area contributed by atoms with Crippen molar-refractivity contribution in [2.45, 2.75) is 0 Å². The van der Waals surface area contributed by atoms with Crippen LogP contribution < -0.4 is 21.3 Å². The van der Waals surface area contributed by atoms with Crippen LogP contribution in [0.25, 0.3) is 0 Å². The van der Waals surface area contributed by atoms with Crippen LogP contribution in [0.1, 0.15) is 0 Å². The molecule has 19 heavy (non-hydrogen) atoms. The predicted octanol–water partition coefficient (Wildman–Crippen LogP) is 0.160. The molecular weight excluding hydrogens is 262 g/mol. The molecule has 102 valence electrons. The zero-order valence-corrected chi connectivity index (χ0v) is 11.4. The number of carbonyl (C=O) groups is 1. The number of nitrogens with two attached hydrogens (primary N) is 1. The Morgan fingerprint density at radius 1 is 1.53 bits per heavy atom. The quantitative estimate of drug-likeness (QED) is 0.468. The molecular formula is C12H17N5OS. The van der Waals surface area contributed by atoms with E-state index in [2.05, 4.69) is 33.1 Å². The fraction of sp³-hybridized carbons (Fsp3) is 0.333. The molecule has 6 nitrogen and oxygen atoms in total. The first kappa shape index (κ1) is 13.7. The standard InChI is InChI=1S/C12H17N5OS/c13-9(8-19)12(18)16-10-7-15-2-1-11(10)17-5-3-14-4-6-17/h1-2,7-8,14,19H,3-6,13H2,(H,16,18)/b9-8-. The molecule has 1 amide bonds. The Kier molecular flexibility index (Phi) is 4.64. The van der Waals surface area contributed by atoms with Crippen molar-refractivity contribution in [2.75, 3.05) is 36.4 Å². The van der Waals surface area contributed by atoms with Crippen molar-refractivity contribution < 1.29 is 4.79 Å². The van der Waals surface area contributed by atoms with Gasteiger partial charge in [0.15, 0.2) is 0 Å². The zero-order chi connectivity index (χ0) is 13.7. The number of nitrogens with zero attached hydrogens (tertiary/aromatic N) is 2. The first-order valence-electron chi connectivity index (χ1n) is 6.03. The molecule has 1 aromatic rings. The molecule has 0 spiro atoms. The van der Waals surface area contributed by atoms with E-state index in [-0.39, 0.29) is 11.6 Å². The van der Waals surface area contributed by atoms with E-state index in [1.807, 2.05) is 6.07 Å². The largest absolute Gasteiger partial charge is 0.394 e. The minimum Gasteiger partial charge on any atom is -0.394 e. The smallest absolute Gasteiger partial charge is 0.272 e. The molecule has 1 saturated heterocycles. The van der Waals surface area contributed by atoms with Gasteiger partial charge in [-0.15, -0.1) is 12.6 Å². The summed E-state index contributed by atoms with van der Waals surface area (Å²) in [7, 11) is 0. The Bertz CT molecular complexity index is 485. The van der Waals surface area contributed by atoms with Gasteiger partial charge in [-0.3, -0.25) is 9.78 Å². The highest BCUT2D eigenvalue weighted by Gasteiger charge is 2.16. The lowest BCUT2D eigenvalue weighted by Gasteiger charge is -2.30. The van der Waals surface area contributed by atoms with Gasteiger partial charge in [-0.2, -0.15) is 0 Å². The first-order chi connectivity index (χ1) is 9.22. The number of carbonyl (C=O) groups excluding carboxylic acids is 1. The van der Waals surface area contributed by atoms with Gasteiger partial charge in [-0.25, -0.2) is 0 Å². The summed E-state index contributed by atoms with van der Waals surface area (Å²) in [6.45, 7) is 3.64. The average Bonchev–Trinajstić information content (AvgIpc) is 2.47. The van der Waals surface area contributed by atoms with Crippen LogP contribution in [0.3, 0.4) is 0 Å². The second-order valence-corrected chi connectivity index (χ2v) is 4.43. The first-order valence-corrected chi connectivity index (χ1v) is 6.55. The van der Waals surface area contributed by atoms with Crippen molar-refractivity contribution in [1.29, 1.82) is 0 Å². The van der Waals surface area contributed by atoms with Gasteiger partial charge in [-0.1, -0.05) is 0 Å². The molecule has 2 heterocycles. The lowest BCUT2D eigenvalue weighted by atomic mass is 10.2. The number of aromatic nitrogens is 1. The highest BCUT2D eigenvalue weighted by molar-refractivity contribution is 7.83. The number of pyridine rings is 1. The summed E-state index contributed by atoms with van der Waals surface area (Å²) in [5.41, 5.74) is 7.20. The fourth-order valence-electron chi connectivity index (χ4n) is 1.92. The Morgan fingerprint density at radius 2 is 2.26 bits per heavy atom. The van der Waals surface area contributed by atoms with Gasteiger partial charge in [0.05, 0.1) is 17.6 Å². The summed E-state index contributed by atoms with van der Waals surface area (Å²) in [5.74, 6) is -0.376. The van der Waals surface area contributed by atoms with E-state index in [1.165, 1.54) is 5.41 Å². The third kappa shape index (κ3) is 3.39. The van der Waals surface area contributed by atoms with Crippen molar-refractivity contribution in [1.82, 2.24) is 10.3 Å². The summed E-state index contributed by atoms with van der Waals surface area (Å²) in [4.78, 5) is 18.0. The van der Waals surface area contributed by atoms with Gasteiger partial charge >= 0.3 is 0 Å². The number of anilines is 2. The van der Waals surface area contributed by atoms with Gasteiger partial charge in [0.25, 0.3) is 5.91 Å². The lowest BCUT2D eigenvalue weighted by Crippen LogP contribution is -2.43. The third-order valence-electron chi connectivity index (χ3n) is 2.91. The number of thiol groups is 1. The van der Waals surface area contributed by atoms with Crippen LogP contribution >= 0.6 is 12.6 Å². The van der Waals surface area contributed by atoms with Crippen molar-refractivity contribution in [3.8, 4) is 0 Å². The topological polar surface area (TPSA) is 83.3 Å². The predicted molar refractivity (Wildman–Crippen MR) is 79.2 cm³/mol. The zero-order valence-electron chi connectivity index (χ0n) is 10.5. The van der Waals surface area contributed by atoms with Crippen molar-refractivity contribution in [3.05, 3.63) is 29.6 Å². The van der Waals surface area contributed by atoms with Crippen LogP contribution in [0.4, 0.5) is 11.4 Å². The Labute approximate surface area is 117 Å². The molecule has 0 unspecified atom stereocenters. The van der Waals surface area contributed by atoms with Crippen LogP contribution in [0.15, 0.2) is 29.6 Å². The second-order valence-electron chi connectivity index (χ2n) is 4.17. The second kappa shape index (κ2) is 6.44. The van der Waals surface area contributed by atoms with Crippen LogP contribution in [0.2, 0.25) is 0 Å². The molecule has 0 atom stereocenters. The number of hydrogen-bond acceptors (Lipinski definition) is 6. The average molecular weight is 279 g/mol. The van der Waals surface area contributed by atoms with Gasteiger partial charge < -0.3 is 21.3 Å². The van der Waals surface area contributed by atoms with E-state index in [0.717, 1.165) is 31.9 Å². The molecule has 4 N–H and O–H groups in total.